The number of aromatic nitrogens is 2. The molecule has 146 valence electrons. The monoisotopic (exact) mass is 372 g/mol. The summed E-state index contributed by atoms with van der Waals surface area (Å²) in [6.45, 7) is 7.03. The van der Waals surface area contributed by atoms with E-state index in [-0.39, 0.29) is 11.2 Å². The molecule has 0 saturated carbocycles. The van der Waals surface area contributed by atoms with Gasteiger partial charge < -0.3 is 14.6 Å². The van der Waals surface area contributed by atoms with Crippen molar-refractivity contribution in [3.8, 4) is 5.75 Å². The summed E-state index contributed by atoms with van der Waals surface area (Å²) in [4.78, 5) is 31.6. The highest BCUT2D eigenvalue weighted by Gasteiger charge is 2.19. The predicted molar refractivity (Wildman–Crippen MR) is 107 cm³/mol. The van der Waals surface area contributed by atoms with Gasteiger partial charge in [0.25, 0.3) is 5.56 Å². The van der Waals surface area contributed by atoms with Crippen LogP contribution in [0.2, 0.25) is 0 Å². The number of hydrogen-bond donors (Lipinski definition) is 1. The van der Waals surface area contributed by atoms with Crippen LogP contribution in [0.3, 0.4) is 0 Å². The Kier molecular flexibility index (Phi) is 6.34. The molecule has 0 amide bonds. The number of methoxy groups -OCH3 is 1. The molecule has 0 radical (unpaired) electrons. The maximum absolute atomic E-state index is 12.3. The Labute approximate surface area is 159 Å². The average molecular weight is 372 g/mol. The van der Waals surface area contributed by atoms with Crippen LogP contribution in [0, 0.1) is 0 Å². The molecule has 7 nitrogen and oxygen atoms in total. The molecule has 1 N–H and O–H groups in total. The van der Waals surface area contributed by atoms with Crippen molar-refractivity contribution in [3.05, 3.63) is 56.9 Å². The van der Waals surface area contributed by atoms with E-state index in [1.807, 2.05) is 25.1 Å². The minimum atomic E-state index is -0.321. The van der Waals surface area contributed by atoms with Crippen LogP contribution in [0.5, 0.6) is 5.75 Å². The van der Waals surface area contributed by atoms with Crippen LogP contribution in [0.15, 0.2) is 40.1 Å². The van der Waals surface area contributed by atoms with Gasteiger partial charge in [-0.15, -0.1) is 0 Å². The van der Waals surface area contributed by atoms with Gasteiger partial charge in [0.15, 0.2) is 0 Å². The third-order valence-corrected chi connectivity index (χ3v) is 5.17. The van der Waals surface area contributed by atoms with Gasteiger partial charge in [0, 0.05) is 44.5 Å². The number of hydrogen-bond acceptors (Lipinski definition) is 5. The van der Waals surface area contributed by atoms with Crippen molar-refractivity contribution >= 4 is 5.69 Å². The average Bonchev–Trinajstić information content (AvgIpc) is 2.71. The van der Waals surface area contributed by atoms with Crippen LogP contribution < -0.4 is 20.9 Å². The molecule has 27 heavy (non-hydrogen) atoms. The molecule has 1 fully saturated rings. The summed E-state index contributed by atoms with van der Waals surface area (Å²) in [5.74, 6) is 0.903. The summed E-state index contributed by atoms with van der Waals surface area (Å²) in [5, 5.41) is 0. The first-order valence-corrected chi connectivity index (χ1v) is 9.55. The first-order valence-electron chi connectivity index (χ1n) is 9.55. The number of nitrogens with zero attached hydrogens (tertiary/aromatic N) is 3. The maximum atomic E-state index is 12.3. The molecule has 1 aromatic heterocycles. The Morgan fingerprint density at radius 2 is 1.81 bits per heavy atom. The Morgan fingerprint density at radius 1 is 1.07 bits per heavy atom. The largest absolute Gasteiger partial charge is 0.495 e. The van der Waals surface area contributed by atoms with Crippen LogP contribution in [0.1, 0.15) is 18.9 Å². The summed E-state index contributed by atoms with van der Waals surface area (Å²) in [6, 6.07) is 8.09. The number of nitrogens with one attached hydrogen (secondary N) is 1. The normalized spacial score (nSPS) is 15.1. The highest BCUT2D eigenvalue weighted by atomic mass is 16.5. The van der Waals surface area contributed by atoms with Crippen LogP contribution in [0.4, 0.5) is 5.69 Å². The fourth-order valence-corrected chi connectivity index (χ4v) is 3.57. The lowest BCUT2D eigenvalue weighted by Crippen LogP contribution is -2.47. The molecule has 0 unspecified atom stereocenters. The number of para-hydroxylation sites is 2. The molecule has 1 aromatic carbocycles. The minimum absolute atomic E-state index is 0.165. The number of rotatable bonds is 7. The van der Waals surface area contributed by atoms with Gasteiger partial charge in [0.2, 0.25) is 0 Å². The van der Waals surface area contributed by atoms with E-state index in [9.17, 15) is 9.59 Å². The Bertz CT molecular complexity index is 866. The topological polar surface area (TPSA) is 70.6 Å². The Hall–Kier alpha value is -2.54. The van der Waals surface area contributed by atoms with Gasteiger partial charge in [-0.05, 0) is 31.5 Å². The van der Waals surface area contributed by atoms with Crippen molar-refractivity contribution in [2.24, 2.45) is 0 Å². The van der Waals surface area contributed by atoms with E-state index in [2.05, 4.69) is 20.9 Å². The lowest BCUT2D eigenvalue weighted by molar-refractivity contribution is 0.249. The van der Waals surface area contributed by atoms with E-state index in [1.54, 1.807) is 7.11 Å². The van der Waals surface area contributed by atoms with Crippen LogP contribution in [0.25, 0.3) is 0 Å². The molecule has 0 aliphatic carbocycles. The van der Waals surface area contributed by atoms with Gasteiger partial charge in [-0.25, -0.2) is 4.79 Å². The summed E-state index contributed by atoms with van der Waals surface area (Å²) in [5.41, 5.74) is 1.30. The van der Waals surface area contributed by atoms with E-state index >= 15 is 0 Å². The van der Waals surface area contributed by atoms with E-state index in [0.717, 1.165) is 50.6 Å². The molecule has 7 heteroatoms. The standard InChI is InChI=1S/C20H28N4O3/c1-3-16-15-21-20(26)24(19(16)25)10-6-9-22-11-13-23(14-12-22)17-7-4-5-8-18(17)27-2/h4-5,7-8,15H,3,6,9-14H2,1-2H3,(H,21,26). The first-order chi connectivity index (χ1) is 13.1. The highest BCUT2D eigenvalue weighted by Crippen LogP contribution is 2.28. The lowest BCUT2D eigenvalue weighted by Gasteiger charge is -2.36. The number of ether oxygens (including phenoxy) is 1. The van der Waals surface area contributed by atoms with Crippen molar-refractivity contribution in [2.45, 2.75) is 26.3 Å². The minimum Gasteiger partial charge on any atom is -0.495 e. The molecular weight excluding hydrogens is 344 g/mol. The quantitative estimate of drug-likeness (QED) is 0.794. The number of benzene rings is 1. The second kappa shape index (κ2) is 8.90. The van der Waals surface area contributed by atoms with E-state index in [1.165, 1.54) is 10.8 Å². The van der Waals surface area contributed by atoms with Crippen LogP contribution in [-0.4, -0.2) is 54.3 Å². The van der Waals surface area contributed by atoms with Gasteiger partial charge in [0.1, 0.15) is 5.75 Å². The number of aryl methyl sites for hydroxylation is 1. The van der Waals surface area contributed by atoms with E-state index in [0.29, 0.717) is 18.5 Å². The molecule has 0 bridgehead atoms. The fraction of sp³-hybridized carbons (Fsp3) is 0.500. The SMILES string of the molecule is CCc1c[nH]c(=O)n(CCCN2CCN(c3ccccc3OC)CC2)c1=O. The zero-order valence-electron chi connectivity index (χ0n) is 16.1. The molecular formula is C20H28N4O3. The lowest BCUT2D eigenvalue weighted by atomic mass is 10.2. The summed E-state index contributed by atoms with van der Waals surface area (Å²) in [7, 11) is 1.70. The smallest absolute Gasteiger partial charge is 0.328 e. The van der Waals surface area contributed by atoms with Crippen molar-refractivity contribution in [1.82, 2.24) is 14.5 Å². The van der Waals surface area contributed by atoms with E-state index in [4.69, 9.17) is 4.74 Å². The van der Waals surface area contributed by atoms with Crippen molar-refractivity contribution in [1.29, 1.82) is 0 Å². The van der Waals surface area contributed by atoms with Gasteiger partial charge in [-0.3, -0.25) is 14.3 Å². The predicted octanol–water partition coefficient (Wildman–Crippen LogP) is 1.32. The Balaban J connectivity index is 1.52. The summed E-state index contributed by atoms with van der Waals surface area (Å²) >= 11 is 0. The van der Waals surface area contributed by atoms with Crippen LogP contribution in [-0.2, 0) is 13.0 Å². The molecule has 1 aliphatic heterocycles. The van der Waals surface area contributed by atoms with Gasteiger partial charge in [0.05, 0.1) is 12.8 Å². The second-order valence-electron chi connectivity index (χ2n) is 6.78. The zero-order valence-corrected chi connectivity index (χ0v) is 16.1. The van der Waals surface area contributed by atoms with Gasteiger partial charge in [-0.2, -0.15) is 0 Å². The molecule has 3 rings (SSSR count). The fourth-order valence-electron chi connectivity index (χ4n) is 3.57. The molecule has 2 heterocycles. The molecule has 1 saturated heterocycles. The number of anilines is 1. The number of H-pyrrole nitrogens is 1. The number of aromatic amines is 1. The third-order valence-electron chi connectivity index (χ3n) is 5.17. The van der Waals surface area contributed by atoms with Crippen molar-refractivity contribution < 1.29 is 4.74 Å². The molecule has 0 spiro atoms. The molecule has 1 aliphatic rings. The summed E-state index contributed by atoms with van der Waals surface area (Å²) < 4.78 is 6.78. The van der Waals surface area contributed by atoms with Crippen LogP contribution >= 0.6 is 0 Å². The Morgan fingerprint density at radius 3 is 2.52 bits per heavy atom. The van der Waals surface area contributed by atoms with E-state index < -0.39 is 0 Å². The first kappa shape index (κ1) is 19.2. The number of piperazine rings is 1. The third kappa shape index (κ3) is 4.42. The molecule has 2 aromatic rings. The highest BCUT2D eigenvalue weighted by molar-refractivity contribution is 5.58. The van der Waals surface area contributed by atoms with Crippen molar-refractivity contribution in [2.75, 3.05) is 44.7 Å². The van der Waals surface area contributed by atoms with Gasteiger partial charge >= 0.3 is 5.69 Å². The maximum Gasteiger partial charge on any atom is 0.328 e. The zero-order chi connectivity index (χ0) is 19.2. The van der Waals surface area contributed by atoms with Gasteiger partial charge in [-0.1, -0.05) is 19.1 Å². The van der Waals surface area contributed by atoms with Crippen molar-refractivity contribution in [3.63, 3.8) is 0 Å². The summed E-state index contributed by atoms with van der Waals surface area (Å²) in [6.07, 6.45) is 2.93. The molecule has 0 atom stereocenters. The second-order valence-corrected chi connectivity index (χ2v) is 6.78.